The third kappa shape index (κ3) is 4.66. The van der Waals surface area contributed by atoms with Crippen LogP contribution in [0.3, 0.4) is 0 Å². The normalized spacial score (nSPS) is 20.9. The summed E-state index contributed by atoms with van der Waals surface area (Å²) in [6.07, 6.45) is 1.38. The number of amides is 3. The fourth-order valence-electron chi connectivity index (χ4n) is 5.50. The number of para-hydroxylation sites is 1. The van der Waals surface area contributed by atoms with Crippen LogP contribution in [0.25, 0.3) is 0 Å². The second kappa shape index (κ2) is 10.3. The summed E-state index contributed by atoms with van der Waals surface area (Å²) >= 11 is 0. The van der Waals surface area contributed by atoms with E-state index in [2.05, 4.69) is 11.4 Å². The van der Waals surface area contributed by atoms with Gasteiger partial charge in [0.15, 0.2) is 0 Å². The van der Waals surface area contributed by atoms with Gasteiger partial charge in [-0.25, -0.2) is 0 Å². The highest BCUT2D eigenvalue weighted by molar-refractivity contribution is 6.07. The van der Waals surface area contributed by atoms with Gasteiger partial charge in [-0.3, -0.25) is 14.4 Å². The predicted molar refractivity (Wildman–Crippen MR) is 140 cm³/mol. The highest BCUT2D eigenvalue weighted by Crippen LogP contribution is 2.46. The Hall–Kier alpha value is -3.86. The van der Waals surface area contributed by atoms with Crippen molar-refractivity contribution in [3.8, 4) is 11.8 Å². The van der Waals surface area contributed by atoms with Crippen LogP contribution in [-0.2, 0) is 21.4 Å². The number of hydrogen-bond donors (Lipinski definition) is 1. The Kier molecular flexibility index (Phi) is 7.26. The number of carbonyl (C=O) groups excluding carboxylic acids is 3. The lowest BCUT2D eigenvalue weighted by atomic mass is 9.80. The van der Waals surface area contributed by atoms with E-state index in [-0.39, 0.29) is 36.6 Å². The summed E-state index contributed by atoms with van der Waals surface area (Å²) in [4.78, 5) is 43.8. The number of fused-ring (bicyclic) bond motifs is 2. The minimum absolute atomic E-state index is 0.0999. The zero-order valence-corrected chi connectivity index (χ0v) is 22.1. The monoisotopic (exact) mass is 502 g/mol. The van der Waals surface area contributed by atoms with Crippen molar-refractivity contribution in [2.24, 2.45) is 5.92 Å². The Morgan fingerprint density at radius 2 is 2.00 bits per heavy atom. The summed E-state index contributed by atoms with van der Waals surface area (Å²) in [6.45, 7) is 6.09. The average Bonchev–Trinajstić information content (AvgIpc) is 3.43. The van der Waals surface area contributed by atoms with Gasteiger partial charge >= 0.3 is 0 Å². The van der Waals surface area contributed by atoms with E-state index in [1.165, 1.54) is 9.80 Å². The van der Waals surface area contributed by atoms with E-state index in [9.17, 15) is 19.6 Å². The molecule has 0 bridgehead atoms. The maximum atomic E-state index is 14.1. The zero-order chi connectivity index (χ0) is 26.9. The van der Waals surface area contributed by atoms with Crippen LogP contribution in [0.5, 0.6) is 5.75 Å². The minimum Gasteiger partial charge on any atom is -0.497 e. The number of nitrogens with one attached hydrogen (secondary N) is 1. The molecule has 2 aromatic rings. The van der Waals surface area contributed by atoms with Gasteiger partial charge in [0.25, 0.3) is 5.91 Å². The molecule has 3 atom stereocenters. The smallest absolute Gasteiger partial charge is 0.254 e. The van der Waals surface area contributed by atoms with Crippen molar-refractivity contribution in [3.63, 3.8) is 0 Å². The molecule has 1 saturated heterocycles. The van der Waals surface area contributed by atoms with Crippen LogP contribution < -0.4 is 10.1 Å². The summed E-state index contributed by atoms with van der Waals surface area (Å²) in [5.41, 5.74) is 1.96. The number of nitrogens with zero attached hydrogens (tertiary/aromatic N) is 3. The van der Waals surface area contributed by atoms with Crippen molar-refractivity contribution in [1.82, 2.24) is 9.80 Å². The van der Waals surface area contributed by atoms with E-state index in [4.69, 9.17) is 4.74 Å². The molecule has 0 radical (unpaired) electrons. The number of anilines is 1. The summed E-state index contributed by atoms with van der Waals surface area (Å²) < 4.78 is 5.38. The van der Waals surface area contributed by atoms with Gasteiger partial charge in [-0.1, -0.05) is 39.0 Å². The first-order valence-electron chi connectivity index (χ1n) is 12.7. The molecular formula is C29H34N4O4. The summed E-state index contributed by atoms with van der Waals surface area (Å²) in [6, 6.07) is 13.5. The number of ether oxygens (including phenoxy) is 1. The first-order chi connectivity index (χ1) is 17.6. The summed E-state index contributed by atoms with van der Waals surface area (Å²) in [7, 11) is 3.18. The van der Waals surface area contributed by atoms with Crippen molar-refractivity contribution < 1.29 is 19.1 Å². The predicted octanol–water partition coefficient (Wildman–Crippen LogP) is 3.76. The van der Waals surface area contributed by atoms with Crippen LogP contribution in [0.1, 0.15) is 55.1 Å². The highest BCUT2D eigenvalue weighted by atomic mass is 16.5. The SMILES string of the molecule is CCc1cc(OC)cc(C(=O)N(C)[C@@H](CC(C)C)C(=O)N2C[C@]3(C[C@H]2C#N)C(=O)Nc2ccccc23)c1. The Morgan fingerprint density at radius 1 is 1.27 bits per heavy atom. The molecule has 2 aliphatic heterocycles. The maximum absolute atomic E-state index is 14.1. The molecule has 2 aromatic carbocycles. The number of likely N-dealkylation sites (N-methyl/N-ethyl adjacent to an activating group) is 1. The van der Waals surface area contributed by atoms with Crippen molar-refractivity contribution in [2.75, 3.05) is 26.0 Å². The zero-order valence-electron chi connectivity index (χ0n) is 22.1. The van der Waals surface area contributed by atoms with Crippen LogP contribution in [0.4, 0.5) is 5.69 Å². The maximum Gasteiger partial charge on any atom is 0.254 e. The molecule has 4 rings (SSSR count). The van der Waals surface area contributed by atoms with E-state index in [0.717, 1.165) is 17.5 Å². The Balaban J connectivity index is 1.66. The molecule has 8 heteroatoms. The second-order valence-electron chi connectivity index (χ2n) is 10.4. The molecule has 1 spiro atoms. The number of methoxy groups -OCH3 is 1. The average molecular weight is 503 g/mol. The number of nitriles is 1. The van der Waals surface area contributed by atoms with Crippen LogP contribution in [-0.4, -0.2) is 60.3 Å². The van der Waals surface area contributed by atoms with Gasteiger partial charge in [0.05, 0.1) is 18.6 Å². The van der Waals surface area contributed by atoms with Crippen LogP contribution in [0.2, 0.25) is 0 Å². The number of hydrogen-bond acceptors (Lipinski definition) is 5. The van der Waals surface area contributed by atoms with Crippen molar-refractivity contribution in [2.45, 2.75) is 57.5 Å². The van der Waals surface area contributed by atoms with Gasteiger partial charge in [0.1, 0.15) is 17.8 Å². The van der Waals surface area contributed by atoms with Gasteiger partial charge in [0, 0.05) is 31.3 Å². The van der Waals surface area contributed by atoms with Crippen molar-refractivity contribution in [3.05, 3.63) is 59.2 Å². The third-order valence-electron chi connectivity index (χ3n) is 7.54. The molecule has 0 unspecified atom stereocenters. The molecule has 2 heterocycles. The lowest BCUT2D eigenvalue weighted by Gasteiger charge is -2.33. The number of rotatable bonds is 7. The summed E-state index contributed by atoms with van der Waals surface area (Å²) in [5.74, 6) is -0.103. The van der Waals surface area contributed by atoms with Gasteiger partial charge in [-0.15, -0.1) is 0 Å². The van der Waals surface area contributed by atoms with Gasteiger partial charge in [0.2, 0.25) is 11.8 Å². The number of carbonyl (C=O) groups is 3. The quantitative estimate of drug-likeness (QED) is 0.621. The molecule has 0 aromatic heterocycles. The van der Waals surface area contributed by atoms with Crippen LogP contribution in [0.15, 0.2) is 42.5 Å². The van der Waals surface area contributed by atoms with E-state index < -0.39 is 17.5 Å². The second-order valence-corrected chi connectivity index (χ2v) is 10.4. The van der Waals surface area contributed by atoms with E-state index in [1.807, 2.05) is 57.2 Å². The van der Waals surface area contributed by atoms with Crippen molar-refractivity contribution >= 4 is 23.4 Å². The fraction of sp³-hybridized carbons (Fsp3) is 0.448. The lowest BCUT2D eigenvalue weighted by Crippen LogP contribution is -2.52. The van der Waals surface area contributed by atoms with Gasteiger partial charge < -0.3 is 19.9 Å². The number of benzene rings is 2. The fourth-order valence-corrected chi connectivity index (χ4v) is 5.50. The van der Waals surface area contributed by atoms with E-state index in [0.29, 0.717) is 23.4 Å². The molecule has 1 N–H and O–H groups in total. The first kappa shape index (κ1) is 26.2. The molecule has 0 saturated carbocycles. The minimum atomic E-state index is -0.972. The largest absolute Gasteiger partial charge is 0.497 e. The van der Waals surface area contributed by atoms with E-state index in [1.54, 1.807) is 20.2 Å². The molecule has 0 aliphatic carbocycles. The third-order valence-corrected chi connectivity index (χ3v) is 7.54. The molecule has 8 nitrogen and oxygen atoms in total. The Labute approximate surface area is 218 Å². The topological polar surface area (TPSA) is 103 Å². The molecule has 2 aliphatic rings. The number of likely N-dealkylation sites (tertiary alicyclic amines) is 1. The molecule has 3 amide bonds. The number of aryl methyl sites for hydroxylation is 1. The Morgan fingerprint density at radius 3 is 2.65 bits per heavy atom. The molecule has 194 valence electrons. The molecule has 1 fully saturated rings. The highest BCUT2D eigenvalue weighted by Gasteiger charge is 2.56. The van der Waals surface area contributed by atoms with Gasteiger partial charge in [-0.2, -0.15) is 5.26 Å². The Bertz CT molecular complexity index is 1240. The summed E-state index contributed by atoms with van der Waals surface area (Å²) in [5, 5.41) is 12.9. The molecular weight excluding hydrogens is 468 g/mol. The first-order valence-corrected chi connectivity index (χ1v) is 12.7. The van der Waals surface area contributed by atoms with Crippen LogP contribution in [0, 0.1) is 17.2 Å². The van der Waals surface area contributed by atoms with Crippen LogP contribution >= 0.6 is 0 Å². The van der Waals surface area contributed by atoms with Gasteiger partial charge in [-0.05, 0) is 54.2 Å². The van der Waals surface area contributed by atoms with E-state index >= 15 is 0 Å². The standard InChI is InChI=1S/C29H34N4O4/c1-6-19-12-20(14-22(13-19)37-5)26(34)32(4)25(11-18(2)3)27(35)33-17-29(15-21(33)16-30)23-9-7-8-10-24(23)31-28(29)36/h7-10,12-14,18,21,25H,6,11,15,17H2,1-5H3,(H,31,36)/t21-,25-,29-/m0/s1. The lowest BCUT2D eigenvalue weighted by molar-refractivity contribution is -0.136. The van der Waals surface area contributed by atoms with Crippen molar-refractivity contribution in [1.29, 1.82) is 5.26 Å². The molecule has 37 heavy (non-hydrogen) atoms.